The first-order valence-corrected chi connectivity index (χ1v) is 9.32. The molecule has 1 aromatic rings. The van der Waals surface area contributed by atoms with Crippen LogP contribution >= 0.6 is 0 Å². The topological polar surface area (TPSA) is 86.8 Å². The van der Waals surface area contributed by atoms with Gasteiger partial charge < -0.3 is 10.2 Å². The molecule has 3 amide bonds. The molecule has 0 radical (unpaired) electrons. The van der Waals surface area contributed by atoms with Crippen molar-refractivity contribution >= 4 is 27.5 Å². The number of carbonyl (C=O) groups is 2. The van der Waals surface area contributed by atoms with Crippen LogP contribution in [0.5, 0.6) is 0 Å². The summed E-state index contributed by atoms with van der Waals surface area (Å²) >= 11 is 0. The number of urea groups is 1. The summed E-state index contributed by atoms with van der Waals surface area (Å²) in [6, 6.07) is 6.40. The van der Waals surface area contributed by atoms with Gasteiger partial charge in [-0.3, -0.25) is 9.69 Å². The normalized spacial score (nSPS) is 22.9. The Bertz CT molecular complexity index is 730. The molecule has 1 N–H and O–H groups in total. The van der Waals surface area contributed by atoms with Crippen molar-refractivity contribution in [3.63, 3.8) is 0 Å². The van der Waals surface area contributed by atoms with Crippen LogP contribution in [0.1, 0.15) is 16.8 Å². The molecule has 0 spiro atoms. The summed E-state index contributed by atoms with van der Waals surface area (Å²) in [5.74, 6) is -0.0379. The second-order valence-corrected chi connectivity index (χ2v) is 8.13. The van der Waals surface area contributed by atoms with Crippen molar-refractivity contribution in [1.29, 1.82) is 0 Å². The average molecular weight is 337 g/mol. The van der Waals surface area contributed by atoms with E-state index >= 15 is 0 Å². The van der Waals surface area contributed by atoms with E-state index in [1.54, 1.807) is 36.2 Å². The molecule has 2 fully saturated rings. The van der Waals surface area contributed by atoms with E-state index in [1.165, 1.54) is 4.90 Å². The second kappa shape index (κ2) is 5.84. The highest BCUT2D eigenvalue weighted by molar-refractivity contribution is 7.91. The maximum absolute atomic E-state index is 12.5. The number of amides is 3. The zero-order valence-corrected chi connectivity index (χ0v) is 13.7. The fraction of sp³-hybridized carbons (Fsp3) is 0.467. The van der Waals surface area contributed by atoms with Crippen LogP contribution in [-0.2, 0) is 9.84 Å². The Kier molecular flexibility index (Phi) is 4.01. The molecule has 2 heterocycles. The monoisotopic (exact) mass is 337 g/mol. The standard InChI is InChI=1S/C15H19N3O4S/c1-17(13-6-9-23(21,22)10-13)14(19)11-2-4-12(5-3-11)18-8-7-16-15(18)20/h2-5,13H,6-10H2,1H3,(H,16,20). The Balaban J connectivity index is 1.71. The van der Waals surface area contributed by atoms with Gasteiger partial charge in [-0.15, -0.1) is 0 Å². The molecule has 0 aliphatic carbocycles. The first kappa shape index (κ1) is 15.8. The smallest absolute Gasteiger partial charge is 0.321 e. The molecule has 1 atom stereocenters. The lowest BCUT2D eigenvalue weighted by atomic mass is 10.1. The molecule has 1 unspecified atom stereocenters. The van der Waals surface area contributed by atoms with Gasteiger partial charge in [-0.1, -0.05) is 0 Å². The predicted molar refractivity (Wildman–Crippen MR) is 86.3 cm³/mol. The Morgan fingerprint density at radius 3 is 2.52 bits per heavy atom. The quantitative estimate of drug-likeness (QED) is 0.869. The van der Waals surface area contributed by atoms with Gasteiger partial charge in [0, 0.05) is 37.4 Å². The van der Waals surface area contributed by atoms with E-state index in [4.69, 9.17) is 0 Å². The molecular formula is C15H19N3O4S. The number of carbonyl (C=O) groups excluding carboxylic acids is 2. The lowest BCUT2D eigenvalue weighted by Gasteiger charge is -2.23. The van der Waals surface area contributed by atoms with Crippen LogP contribution in [0.15, 0.2) is 24.3 Å². The fourth-order valence-corrected chi connectivity index (χ4v) is 4.73. The predicted octanol–water partition coefficient (Wildman–Crippen LogP) is 0.475. The van der Waals surface area contributed by atoms with Crippen LogP contribution < -0.4 is 10.2 Å². The van der Waals surface area contributed by atoms with E-state index in [-0.39, 0.29) is 29.5 Å². The number of nitrogens with zero attached hydrogens (tertiary/aromatic N) is 2. The van der Waals surface area contributed by atoms with Crippen LogP contribution in [-0.4, -0.2) is 62.9 Å². The van der Waals surface area contributed by atoms with Crippen molar-refractivity contribution in [2.75, 3.05) is 36.5 Å². The molecule has 124 valence electrons. The highest BCUT2D eigenvalue weighted by Crippen LogP contribution is 2.21. The maximum atomic E-state index is 12.5. The van der Waals surface area contributed by atoms with E-state index < -0.39 is 9.84 Å². The highest BCUT2D eigenvalue weighted by Gasteiger charge is 2.33. The van der Waals surface area contributed by atoms with E-state index in [0.29, 0.717) is 25.1 Å². The van der Waals surface area contributed by atoms with Gasteiger partial charge in [0.05, 0.1) is 11.5 Å². The highest BCUT2D eigenvalue weighted by atomic mass is 32.2. The Morgan fingerprint density at radius 1 is 1.30 bits per heavy atom. The van der Waals surface area contributed by atoms with Crippen molar-refractivity contribution < 1.29 is 18.0 Å². The first-order chi connectivity index (χ1) is 10.9. The van der Waals surface area contributed by atoms with Gasteiger partial charge in [-0.25, -0.2) is 13.2 Å². The molecule has 0 bridgehead atoms. The molecule has 2 aliphatic rings. The summed E-state index contributed by atoms with van der Waals surface area (Å²) in [7, 11) is -1.39. The molecule has 7 nitrogen and oxygen atoms in total. The first-order valence-electron chi connectivity index (χ1n) is 7.50. The number of rotatable bonds is 3. The molecule has 2 aliphatic heterocycles. The van der Waals surface area contributed by atoms with E-state index in [0.717, 1.165) is 5.69 Å². The van der Waals surface area contributed by atoms with Gasteiger partial charge in [0.1, 0.15) is 0 Å². The number of sulfone groups is 1. The lowest BCUT2D eigenvalue weighted by molar-refractivity contribution is 0.0747. The number of anilines is 1. The SMILES string of the molecule is CN(C(=O)c1ccc(N2CCNC2=O)cc1)C1CCS(=O)(=O)C1. The second-order valence-electron chi connectivity index (χ2n) is 5.90. The fourth-order valence-electron chi connectivity index (χ4n) is 2.95. The minimum Gasteiger partial charge on any atom is -0.338 e. The molecule has 3 rings (SSSR count). The van der Waals surface area contributed by atoms with Crippen LogP contribution in [0.2, 0.25) is 0 Å². The minimum absolute atomic E-state index is 0.0290. The van der Waals surface area contributed by atoms with Crippen LogP contribution in [0.4, 0.5) is 10.5 Å². The van der Waals surface area contributed by atoms with Crippen molar-refractivity contribution in [2.45, 2.75) is 12.5 Å². The van der Waals surface area contributed by atoms with Crippen LogP contribution in [0, 0.1) is 0 Å². The third kappa shape index (κ3) is 3.17. The zero-order chi connectivity index (χ0) is 16.6. The molecule has 1 aromatic carbocycles. The van der Waals surface area contributed by atoms with Gasteiger partial charge in [0.2, 0.25) is 0 Å². The van der Waals surface area contributed by atoms with Crippen molar-refractivity contribution in [3.8, 4) is 0 Å². The van der Waals surface area contributed by atoms with Crippen LogP contribution in [0.25, 0.3) is 0 Å². The lowest BCUT2D eigenvalue weighted by Crippen LogP contribution is -2.37. The number of benzene rings is 1. The van der Waals surface area contributed by atoms with E-state index in [9.17, 15) is 18.0 Å². The largest absolute Gasteiger partial charge is 0.338 e. The van der Waals surface area contributed by atoms with Crippen LogP contribution in [0.3, 0.4) is 0 Å². The molecule has 8 heteroatoms. The maximum Gasteiger partial charge on any atom is 0.321 e. The average Bonchev–Trinajstić information content (AvgIpc) is 3.11. The summed E-state index contributed by atoms with van der Waals surface area (Å²) in [6.45, 7) is 1.21. The molecule has 2 saturated heterocycles. The molecule has 0 saturated carbocycles. The van der Waals surface area contributed by atoms with Gasteiger partial charge in [0.15, 0.2) is 9.84 Å². The Hall–Kier alpha value is -2.09. The molecule has 23 heavy (non-hydrogen) atoms. The summed E-state index contributed by atoms with van der Waals surface area (Å²) in [6.07, 6.45) is 0.483. The van der Waals surface area contributed by atoms with E-state index in [2.05, 4.69) is 5.32 Å². The van der Waals surface area contributed by atoms with E-state index in [1.807, 2.05) is 0 Å². The zero-order valence-electron chi connectivity index (χ0n) is 12.9. The third-order valence-corrected chi connectivity index (χ3v) is 6.11. The number of nitrogens with one attached hydrogen (secondary N) is 1. The summed E-state index contributed by atoms with van der Waals surface area (Å²) in [4.78, 5) is 27.2. The number of hydrogen-bond acceptors (Lipinski definition) is 4. The molecule has 0 aromatic heterocycles. The molecular weight excluding hydrogens is 318 g/mol. The van der Waals surface area contributed by atoms with Crippen molar-refractivity contribution in [3.05, 3.63) is 29.8 Å². The Labute approximate surface area is 135 Å². The van der Waals surface area contributed by atoms with Gasteiger partial charge in [0.25, 0.3) is 5.91 Å². The summed E-state index contributed by atoms with van der Waals surface area (Å²) in [5.41, 5.74) is 1.22. The summed E-state index contributed by atoms with van der Waals surface area (Å²) < 4.78 is 23.1. The van der Waals surface area contributed by atoms with Gasteiger partial charge in [-0.05, 0) is 30.7 Å². The van der Waals surface area contributed by atoms with Crippen molar-refractivity contribution in [1.82, 2.24) is 10.2 Å². The Morgan fingerprint density at radius 2 is 2.00 bits per heavy atom. The van der Waals surface area contributed by atoms with Gasteiger partial charge >= 0.3 is 6.03 Å². The minimum atomic E-state index is -3.03. The summed E-state index contributed by atoms with van der Waals surface area (Å²) in [5, 5.41) is 2.72. The third-order valence-electron chi connectivity index (χ3n) is 4.36. The number of hydrogen-bond donors (Lipinski definition) is 1. The van der Waals surface area contributed by atoms with Gasteiger partial charge in [-0.2, -0.15) is 0 Å². The van der Waals surface area contributed by atoms with Crippen molar-refractivity contribution in [2.24, 2.45) is 0 Å².